The first-order valence-electron chi connectivity index (χ1n) is 7.07. The molecule has 0 saturated carbocycles. The predicted octanol–water partition coefficient (Wildman–Crippen LogP) is 1.83. The molecular weight excluding hydrogens is 338 g/mol. The fraction of sp³-hybridized carbons (Fsp3) is 0.429. The van der Waals surface area contributed by atoms with Crippen LogP contribution in [0.15, 0.2) is 34.5 Å². The monoisotopic (exact) mass is 354 g/mol. The Hall–Kier alpha value is -2.49. The Morgan fingerprint density at radius 2 is 2.00 bits per heavy atom. The van der Waals surface area contributed by atoms with Crippen LogP contribution >= 0.6 is 11.8 Å². The summed E-state index contributed by atoms with van der Waals surface area (Å²) in [6.45, 7) is 1.84. The first kappa shape index (κ1) is 19.6. The number of nitro benzene ring substituents is 1. The van der Waals surface area contributed by atoms with Gasteiger partial charge in [0, 0.05) is 18.1 Å². The molecule has 9 nitrogen and oxygen atoms in total. The number of esters is 1. The van der Waals surface area contributed by atoms with Gasteiger partial charge in [0.1, 0.15) is 0 Å². The number of carboxylic acid groups (broad SMARTS) is 1. The maximum atomic E-state index is 11.8. The minimum atomic E-state index is -1.16. The number of nitro groups is 1. The van der Waals surface area contributed by atoms with Crippen molar-refractivity contribution in [3.63, 3.8) is 0 Å². The van der Waals surface area contributed by atoms with Crippen LogP contribution in [-0.2, 0) is 14.3 Å². The minimum Gasteiger partial charge on any atom is -0.550 e. The molecule has 1 aromatic carbocycles. The molecule has 0 aliphatic heterocycles. The molecule has 0 fully saturated rings. The van der Waals surface area contributed by atoms with E-state index in [0.29, 0.717) is 17.9 Å². The van der Waals surface area contributed by atoms with Gasteiger partial charge in [0.15, 0.2) is 0 Å². The van der Waals surface area contributed by atoms with Crippen LogP contribution in [0, 0.1) is 10.1 Å². The van der Waals surface area contributed by atoms with Crippen molar-refractivity contribution in [3.05, 3.63) is 34.4 Å². The number of nitrogens with zero attached hydrogens (tertiary/aromatic N) is 3. The topological polar surface area (TPSA) is 134 Å². The van der Waals surface area contributed by atoms with Crippen molar-refractivity contribution in [2.24, 2.45) is 10.2 Å². The molecule has 24 heavy (non-hydrogen) atoms. The molecule has 0 bridgehead atoms. The fourth-order valence-electron chi connectivity index (χ4n) is 1.53. The largest absolute Gasteiger partial charge is 0.550 e. The maximum absolute atomic E-state index is 11.8. The molecule has 0 saturated heterocycles. The van der Waals surface area contributed by atoms with Gasteiger partial charge < -0.3 is 14.6 Å². The van der Waals surface area contributed by atoms with E-state index in [4.69, 9.17) is 4.74 Å². The number of aliphatic carboxylic acids is 1. The Kier molecular flexibility index (Phi) is 8.41. The first-order valence-corrected chi connectivity index (χ1v) is 8.12. The van der Waals surface area contributed by atoms with Crippen LogP contribution in [0.2, 0.25) is 0 Å². The van der Waals surface area contributed by atoms with Crippen molar-refractivity contribution in [2.75, 3.05) is 12.4 Å². The molecule has 0 aromatic heterocycles. The van der Waals surface area contributed by atoms with E-state index in [1.807, 2.05) is 0 Å². The first-order chi connectivity index (χ1) is 11.4. The second kappa shape index (κ2) is 10.3. The highest BCUT2D eigenvalue weighted by Crippen LogP contribution is 2.22. The number of thioether (sulfide) groups is 1. The summed E-state index contributed by atoms with van der Waals surface area (Å²) in [4.78, 5) is 32.2. The van der Waals surface area contributed by atoms with Crippen LogP contribution in [0.25, 0.3) is 0 Å². The summed E-state index contributed by atoms with van der Waals surface area (Å²) < 4.78 is 4.89. The van der Waals surface area contributed by atoms with Crippen LogP contribution in [0.1, 0.15) is 19.8 Å². The zero-order valence-electron chi connectivity index (χ0n) is 12.9. The minimum absolute atomic E-state index is 0.0763. The third-order valence-electron chi connectivity index (χ3n) is 2.63. The zero-order valence-corrected chi connectivity index (χ0v) is 13.7. The van der Waals surface area contributed by atoms with Crippen molar-refractivity contribution in [1.82, 2.24) is 0 Å². The Morgan fingerprint density at radius 3 is 2.54 bits per heavy atom. The van der Waals surface area contributed by atoms with Crippen LogP contribution in [0.4, 0.5) is 11.4 Å². The molecule has 0 N–H and O–H groups in total. The Balaban J connectivity index is 2.69. The summed E-state index contributed by atoms with van der Waals surface area (Å²) in [7, 11) is 0. The summed E-state index contributed by atoms with van der Waals surface area (Å²) >= 11 is 1.10. The lowest BCUT2D eigenvalue weighted by molar-refractivity contribution is -0.384. The molecule has 10 heteroatoms. The highest BCUT2D eigenvalue weighted by Gasteiger charge is 2.19. The predicted molar refractivity (Wildman–Crippen MR) is 84.7 cm³/mol. The number of carbonyl (C=O) groups is 2. The van der Waals surface area contributed by atoms with Gasteiger partial charge in [0.05, 0.1) is 17.2 Å². The summed E-state index contributed by atoms with van der Waals surface area (Å²) in [5.41, 5.74) is 0.276. The van der Waals surface area contributed by atoms with Crippen LogP contribution in [-0.4, -0.2) is 34.6 Å². The van der Waals surface area contributed by atoms with Gasteiger partial charge >= 0.3 is 5.97 Å². The average molecular weight is 354 g/mol. The average Bonchev–Trinajstić information content (AvgIpc) is 2.54. The number of carbonyl (C=O) groups excluding carboxylic acids is 2. The summed E-state index contributed by atoms with van der Waals surface area (Å²) in [6.07, 6.45) is 0.220. The van der Waals surface area contributed by atoms with Gasteiger partial charge in [-0.15, -0.1) is 11.8 Å². The number of carboxylic acids is 1. The molecule has 1 aromatic rings. The molecule has 1 rings (SSSR count). The zero-order chi connectivity index (χ0) is 17.9. The molecule has 130 valence electrons. The van der Waals surface area contributed by atoms with Crippen molar-refractivity contribution < 1.29 is 24.4 Å². The van der Waals surface area contributed by atoms with Gasteiger partial charge in [0.2, 0.25) is 5.37 Å². The number of hydrogen-bond acceptors (Lipinski definition) is 9. The van der Waals surface area contributed by atoms with E-state index in [1.165, 1.54) is 24.3 Å². The number of rotatable bonds is 10. The van der Waals surface area contributed by atoms with E-state index < -0.39 is 22.2 Å². The van der Waals surface area contributed by atoms with E-state index in [9.17, 15) is 24.8 Å². The van der Waals surface area contributed by atoms with Crippen molar-refractivity contribution in [1.29, 1.82) is 0 Å². The quantitative estimate of drug-likeness (QED) is 0.206. The maximum Gasteiger partial charge on any atom is 0.343 e. The Morgan fingerprint density at radius 1 is 1.33 bits per heavy atom. The van der Waals surface area contributed by atoms with Gasteiger partial charge in [0.25, 0.3) is 5.69 Å². The molecule has 0 aliphatic rings. The van der Waals surface area contributed by atoms with Crippen molar-refractivity contribution in [2.45, 2.75) is 25.1 Å². The van der Waals surface area contributed by atoms with E-state index >= 15 is 0 Å². The molecule has 0 radical (unpaired) electrons. The van der Waals surface area contributed by atoms with Crippen LogP contribution in [0.3, 0.4) is 0 Å². The summed E-state index contributed by atoms with van der Waals surface area (Å²) in [5, 5.41) is 27.8. The van der Waals surface area contributed by atoms with Gasteiger partial charge in [-0.3, -0.25) is 10.1 Å². The fourth-order valence-corrected chi connectivity index (χ4v) is 2.39. The molecular formula is C14H16N3O6S-. The molecule has 0 unspecified atom stereocenters. The van der Waals surface area contributed by atoms with Gasteiger partial charge in [-0.05, 0) is 37.7 Å². The highest BCUT2D eigenvalue weighted by molar-refractivity contribution is 8.00. The summed E-state index contributed by atoms with van der Waals surface area (Å²) in [6, 6.07) is 5.37. The van der Waals surface area contributed by atoms with E-state index in [1.54, 1.807) is 6.92 Å². The van der Waals surface area contributed by atoms with E-state index in [0.717, 1.165) is 11.8 Å². The molecule has 0 spiro atoms. The SMILES string of the molecule is CCOC(=O)[C@H](N=Nc1ccc([N+](=O)[O-])cc1)SCCCC(=O)[O-]. The number of ether oxygens (including phenoxy) is 1. The number of benzene rings is 1. The smallest absolute Gasteiger partial charge is 0.343 e. The van der Waals surface area contributed by atoms with Crippen molar-refractivity contribution >= 4 is 35.1 Å². The highest BCUT2D eigenvalue weighted by atomic mass is 32.2. The van der Waals surface area contributed by atoms with Crippen LogP contribution in [0.5, 0.6) is 0 Å². The van der Waals surface area contributed by atoms with Gasteiger partial charge in [-0.25, -0.2) is 4.79 Å². The van der Waals surface area contributed by atoms with E-state index in [-0.39, 0.29) is 18.7 Å². The number of azo groups is 1. The molecule has 0 amide bonds. The normalized spacial score (nSPS) is 12.0. The van der Waals surface area contributed by atoms with Crippen molar-refractivity contribution in [3.8, 4) is 0 Å². The third kappa shape index (κ3) is 7.18. The molecule has 0 aliphatic carbocycles. The van der Waals surface area contributed by atoms with Gasteiger partial charge in [-0.1, -0.05) is 0 Å². The molecule has 0 heterocycles. The van der Waals surface area contributed by atoms with E-state index in [2.05, 4.69) is 10.2 Å². The lowest BCUT2D eigenvalue weighted by atomic mass is 10.3. The lowest BCUT2D eigenvalue weighted by Crippen LogP contribution is -2.22. The third-order valence-corrected chi connectivity index (χ3v) is 3.75. The second-order valence-electron chi connectivity index (χ2n) is 4.44. The Bertz CT molecular complexity index is 605. The standard InChI is InChI=1S/C14H17N3O6S/c1-2-23-14(20)13(24-9-3-4-12(18)19)16-15-10-5-7-11(8-6-10)17(21)22/h5-8,13H,2-4,9H2,1H3,(H,18,19)/p-1/t13-/m1/s1. The number of hydrogen-bond donors (Lipinski definition) is 0. The molecule has 1 atom stereocenters. The summed E-state index contributed by atoms with van der Waals surface area (Å²) in [5.74, 6) is -1.37. The Labute approximate surface area is 142 Å². The number of non-ortho nitro benzene ring substituents is 1. The second-order valence-corrected chi connectivity index (χ2v) is 5.63. The van der Waals surface area contributed by atoms with Gasteiger partial charge in [-0.2, -0.15) is 10.2 Å². The van der Waals surface area contributed by atoms with Crippen LogP contribution < -0.4 is 5.11 Å². The lowest BCUT2D eigenvalue weighted by Gasteiger charge is -2.10.